The third-order valence-corrected chi connectivity index (χ3v) is 1.83. The van der Waals surface area contributed by atoms with Crippen molar-refractivity contribution in [1.82, 2.24) is 9.78 Å². The van der Waals surface area contributed by atoms with Crippen LogP contribution in [0.15, 0.2) is 12.3 Å². The summed E-state index contributed by atoms with van der Waals surface area (Å²) in [5.74, 6) is 0. The lowest BCUT2D eigenvalue weighted by molar-refractivity contribution is 0.111. The molecule has 0 aliphatic heterocycles. The molecule has 0 saturated heterocycles. The van der Waals surface area contributed by atoms with Gasteiger partial charge in [-0.2, -0.15) is 5.10 Å². The van der Waals surface area contributed by atoms with Crippen molar-refractivity contribution in [1.29, 1.82) is 0 Å². The lowest BCUT2D eigenvalue weighted by Crippen LogP contribution is -2.08. The predicted octanol–water partition coefficient (Wildman–Crippen LogP) is 1.67. The first kappa shape index (κ1) is 7.98. The highest BCUT2D eigenvalue weighted by Gasteiger charge is 2.05. The van der Waals surface area contributed by atoms with E-state index < -0.39 is 0 Å². The molecule has 1 aromatic rings. The van der Waals surface area contributed by atoms with E-state index in [-0.39, 0.29) is 0 Å². The van der Waals surface area contributed by atoms with Gasteiger partial charge in [0.25, 0.3) is 0 Å². The van der Waals surface area contributed by atoms with Gasteiger partial charge in [0.1, 0.15) is 5.69 Å². The quantitative estimate of drug-likeness (QED) is 0.617. The number of hydrogen-bond donors (Lipinski definition) is 0. The van der Waals surface area contributed by atoms with Gasteiger partial charge in [-0.1, -0.05) is 6.92 Å². The molecule has 0 unspecified atom stereocenters. The molecule has 11 heavy (non-hydrogen) atoms. The van der Waals surface area contributed by atoms with E-state index in [4.69, 9.17) is 0 Å². The minimum absolute atomic E-state index is 0.310. The minimum Gasteiger partial charge on any atom is -0.296 e. The molecule has 1 heterocycles. The second-order valence-corrected chi connectivity index (χ2v) is 2.58. The summed E-state index contributed by atoms with van der Waals surface area (Å²) in [6.45, 7) is 4.11. The monoisotopic (exact) mass is 152 g/mol. The van der Waals surface area contributed by atoms with Crippen LogP contribution in [0, 0.1) is 0 Å². The Morgan fingerprint density at radius 2 is 2.55 bits per heavy atom. The third-order valence-electron chi connectivity index (χ3n) is 1.83. The van der Waals surface area contributed by atoms with Crippen LogP contribution in [0.25, 0.3) is 0 Å². The van der Waals surface area contributed by atoms with E-state index in [0.717, 1.165) is 12.7 Å². The van der Waals surface area contributed by atoms with Gasteiger partial charge in [-0.05, 0) is 19.4 Å². The highest BCUT2D eigenvalue weighted by Crippen LogP contribution is 2.09. The normalized spacial score (nSPS) is 12.9. The van der Waals surface area contributed by atoms with Gasteiger partial charge in [-0.25, -0.2) is 0 Å². The molecule has 0 amide bonds. The molecule has 0 aliphatic rings. The molecule has 0 radical (unpaired) electrons. The SMILES string of the molecule is CC[C@H](C)n1nccc1C=O. The summed E-state index contributed by atoms with van der Waals surface area (Å²) in [5, 5.41) is 4.04. The Morgan fingerprint density at radius 1 is 1.82 bits per heavy atom. The molecule has 0 spiro atoms. The molecule has 0 N–H and O–H groups in total. The smallest absolute Gasteiger partial charge is 0.168 e. The number of hydrogen-bond acceptors (Lipinski definition) is 2. The molecule has 0 fully saturated rings. The van der Waals surface area contributed by atoms with Crippen LogP contribution in [0.4, 0.5) is 0 Å². The van der Waals surface area contributed by atoms with Crippen molar-refractivity contribution in [3.63, 3.8) is 0 Å². The van der Waals surface area contributed by atoms with Crippen LogP contribution in [0.5, 0.6) is 0 Å². The van der Waals surface area contributed by atoms with Gasteiger partial charge in [0.05, 0.1) is 0 Å². The predicted molar refractivity (Wildman–Crippen MR) is 42.6 cm³/mol. The molecule has 1 rings (SSSR count). The molecule has 0 aromatic carbocycles. The fourth-order valence-corrected chi connectivity index (χ4v) is 0.959. The van der Waals surface area contributed by atoms with Crippen molar-refractivity contribution in [2.75, 3.05) is 0 Å². The summed E-state index contributed by atoms with van der Waals surface area (Å²) in [7, 11) is 0. The summed E-state index contributed by atoms with van der Waals surface area (Å²) in [6.07, 6.45) is 3.47. The number of aromatic nitrogens is 2. The van der Waals surface area contributed by atoms with Crippen LogP contribution in [-0.2, 0) is 0 Å². The average Bonchev–Trinajstić information content (AvgIpc) is 2.50. The number of carbonyl (C=O) groups excluding carboxylic acids is 1. The van der Waals surface area contributed by atoms with Gasteiger partial charge in [0.2, 0.25) is 0 Å². The highest BCUT2D eigenvalue weighted by atomic mass is 16.1. The van der Waals surface area contributed by atoms with Crippen molar-refractivity contribution in [2.24, 2.45) is 0 Å². The summed E-state index contributed by atoms with van der Waals surface area (Å²) < 4.78 is 1.74. The second kappa shape index (κ2) is 3.32. The first-order valence-corrected chi connectivity index (χ1v) is 3.78. The van der Waals surface area contributed by atoms with Gasteiger partial charge in [0, 0.05) is 12.2 Å². The maximum absolute atomic E-state index is 10.4. The van der Waals surface area contributed by atoms with Crippen molar-refractivity contribution < 1.29 is 4.79 Å². The van der Waals surface area contributed by atoms with Gasteiger partial charge in [-0.3, -0.25) is 9.48 Å². The first-order valence-electron chi connectivity index (χ1n) is 3.78. The fraction of sp³-hybridized carbons (Fsp3) is 0.500. The zero-order valence-corrected chi connectivity index (χ0v) is 6.82. The average molecular weight is 152 g/mol. The van der Waals surface area contributed by atoms with Gasteiger partial charge >= 0.3 is 0 Å². The molecule has 0 bridgehead atoms. The first-order chi connectivity index (χ1) is 5.29. The molecule has 0 aliphatic carbocycles. The zero-order valence-electron chi connectivity index (χ0n) is 6.82. The fourth-order valence-electron chi connectivity index (χ4n) is 0.959. The summed E-state index contributed by atoms with van der Waals surface area (Å²) >= 11 is 0. The van der Waals surface area contributed by atoms with Gasteiger partial charge in [0.15, 0.2) is 6.29 Å². The molecule has 60 valence electrons. The Morgan fingerprint density at radius 3 is 3.09 bits per heavy atom. The number of rotatable bonds is 3. The Kier molecular flexibility index (Phi) is 2.41. The standard InChI is InChI=1S/C8H12N2O/c1-3-7(2)10-8(6-11)4-5-9-10/h4-7H,3H2,1-2H3/t7-/m0/s1. The largest absolute Gasteiger partial charge is 0.296 e. The third kappa shape index (κ3) is 1.48. The molecule has 1 atom stereocenters. The minimum atomic E-state index is 0.310. The van der Waals surface area contributed by atoms with E-state index in [1.165, 1.54) is 0 Å². The van der Waals surface area contributed by atoms with Crippen molar-refractivity contribution in [3.8, 4) is 0 Å². The van der Waals surface area contributed by atoms with Crippen molar-refractivity contribution in [3.05, 3.63) is 18.0 Å². The molecular formula is C8H12N2O. The maximum Gasteiger partial charge on any atom is 0.168 e. The molecular weight excluding hydrogens is 140 g/mol. The lowest BCUT2D eigenvalue weighted by atomic mass is 10.2. The topological polar surface area (TPSA) is 34.9 Å². The van der Waals surface area contributed by atoms with E-state index >= 15 is 0 Å². The van der Waals surface area contributed by atoms with Crippen LogP contribution in [0.3, 0.4) is 0 Å². The maximum atomic E-state index is 10.4. The van der Waals surface area contributed by atoms with Gasteiger partial charge < -0.3 is 0 Å². The van der Waals surface area contributed by atoms with Crippen LogP contribution in [0.1, 0.15) is 36.8 Å². The highest BCUT2D eigenvalue weighted by molar-refractivity contribution is 5.71. The Hall–Kier alpha value is -1.12. The number of carbonyl (C=O) groups is 1. The van der Waals surface area contributed by atoms with Gasteiger partial charge in [-0.15, -0.1) is 0 Å². The Labute approximate surface area is 66.0 Å². The Bertz CT molecular complexity index is 242. The summed E-state index contributed by atoms with van der Waals surface area (Å²) in [5.41, 5.74) is 0.652. The molecule has 0 saturated carbocycles. The van der Waals surface area contributed by atoms with Crippen LogP contribution < -0.4 is 0 Å². The molecule has 1 aromatic heterocycles. The van der Waals surface area contributed by atoms with E-state index in [1.807, 2.05) is 6.92 Å². The van der Waals surface area contributed by atoms with E-state index in [2.05, 4.69) is 12.0 Å². The zero-order chi connectivity index (χ0) is 8.27. The molecule has 3 nitrogen and oxygen atoms in total. The van der Waals surface area contributed by atoms with Crippen LogP contribution in [-0.4, -0.2) is 16.1 Å². The number of nitrogens with zero attached hydrogens (tertiary/aromatic N) is 2. The summed E-state index contributed by atoms with van der Waals surface area (Å²) in [4.78, 5) is 10.4. The lowest BCUT2D eigenvalue weighted by Gasteiger charge is -2.09. The van der Waals surface area contributed by atoms with E-state index in [1.54, 1.807) is 16.9 Å². The van der Waals surface area contributed by atoms with Crippen molar-refractivity contribution >= 4 is 6.29 Å². The summed E-state index contributed by atoms with van der Waals surface area (Å²) in [6, 6.07) is 2.03. The Balaban J connectivity index is 2.92. The van der Waals surface area contributed by atoms with Crippen molar-refractivity contribution in [2.45, 2.75) is 26.3 Å². The number of aldehydes is 1. The second-order valence-electron chi connectivity index (χ2n) is 2.58. The van der Waals surface area contributed by atoms with E-state index in [9.17, 15) is 4.79 Å². The van der Waals surface area contributed by atoms with Crippen LogP contribution >= 0.6 is 0 Å². The van der Waals surface area contributed by atoms with E-state index in [0.29, 0.717) is 11.7 Å². The molecule has 3 heteroatoms. The van der Waals surface area contributed by atoms with Crippen LogP contribution in [0.2, 0.25) is 0 Å².